The van der Waals surface area contributed by atoms with Gasteiger partial charge in [0.1, 0.15) is 6.54 Å². The quantitative estimate of drug-likeness (QED) is 0.782. The summed E-state index contributed by atoms with van der Waals surface area (Å²) >= 11 is 0. The van der Waals surface area contributed by atoms with Gasteiger partial charge >= 0.3 is 5.97 Å². The van der Waals surface area contributed by atoms with Gasteiger partial charge in [0, 0.05) is 19.6 Å². The molecule has 1 aromatic rings. The second-order valence-corrected chi connectivity index (χ2v) is 5.11. The maximum absolute atomic E-state index is 12.2. The monoisotopic (exact) mass is 281 g/mol. The van der Waals surface area contributed by atoms with Crippen molar-refractivity contribution < 1.29 is 14.7 Å². The number of hydrogen-bond donors (Lipinski definition) is 2. The van der Waals surface area contributed by atoms with Crippen LogP contribution in [-0.2, 0) is 17.9 Å². The van der Waals surface area contributed by atoms with Crippen molar-refractivity contribution in [2.24, 2.45) is 11.7 Å². The van der Waals surface area contributed by atoms with Crippen LogP contribution in [0.1, 0.15) is 35.9 Å². The smallest absolute Gasteiger partial charge is 0.358 e. The number of rotatable bonds is 4. The molecule has 8 heteroatoms. The number of carboxylic acids is 1. The third-order valence-electron chi connectivity index (χ3n) is 3.65. The van der Waals surface area contributed by atoms with Crippen LogP contribution in [0.15, 0.2) is 0 Å². The van der Waals surface area contributed by atoms with Crippen molar-refractivity contribution >= 4 is 11.9 Å². The zero-order valence-corrected chi connectivity index (χ0v) is 11.4. The average molecular weight is 281 g/mol. The standard InChI is InChI=1S/C12H19N5O3/c1-8-2-4-16(5-3-8)10(18)7-17-9(6-13)11(12(19)20)14-15-17/h8H,2-7,13H2,1H3,(H,19,20). The van der Waals surface area contributed by atoms with Gasteiger partial charge in [-0.2, -0.15) is 0 Å². The van der Waals surface area contributed by atoms with Crippen molar-refractivity contribution in [3.05, 3.63) is 11.4 Å². The zero-order chi connectivity index (χ0) is 14.7. The van der Waals surface area contributed by atoms with Crippen molar-refractivity contribution in [3.63, 3.8) is 0 Å². The Bertz CT molecular complexity index is 505. The highest BCUT2D eigenvalue weighted by atomic mass is 16.4. The number of amides is 1. The fraction of sp³-hybridized carbons (Fsp3) is 0.667. The lowest BCUT2D eigenvalue weighted by Crippen LogP contribution is -2.40. The molecule has 0 unspecified atom stereocenters. The molecule has 0 saturated carbocycles. The number of nitrogens with zero attached hydrogens (tertiary/aromatic N) is 4. The van der Waals surface area contributed by atoms with E-state index in [-0.39, 0.29) is 30.4 Å². The number of carboxylic acid groups (broad SMARTS) is 1. The molecule has 0 atom stereocenters. The molecule has 2 heterocycles. The van der Waals surface area contributed by atoms with Gasteiger partial charge in [0.2, 0.25) is 5.91 Å². The Hall–Kier alpha value is -1.96. The van der Waals surface area contributed by atoms with E-state index in [1.54, 1.807) is 4.90 Å². The fourth-order valence-electron chi connectivity index (χ4n) is 2.31. The normalized spacial score (nSPS) is 16.4. The summed E-state index contributed by atoms with van der Waals surface area (Å²) in [6.07, 6.45) is 1.99. The Morgan fingerprint density at radius 2 is 2.05 bits per heavy atom. The van der Waals surface area contributed by atoms with Gasteiger partial charge in [0.15, 0.2) is 5.69 Å². The van der Waals surface area contributed by atoms with Gasteiger partial charge in [-0.05, 0) is 18.8 Å². The second kappa shape index (κ2) is 6.00. The van der Waals surface area contributed by atoms with Gasteiger partial charge in [-0.25, -0.2) is 9.48 Å². The summed E-state index contributed by atoms with van der Waals surface area (Å²) in [6.45, 7) is 3.61. The van der Waals surface area contributed by atoms with Crippen LogP contribution in [-0.4, -0.2) is 50.0 Å². The van der Waals surface area contributed by atoms with Crippen LogP contribution in [0, 0.1) is 5.92 Å². The first-order valence-corrected chi connectivity index (χ1v) is 6.66. The van der Waals surface area contributed by atoms with Crippen LogP contribution in [0.2, 0.25) is 0 Å². The van der Waals surface area contributed by atoms with Crippen LogP contribution < -0.4 is 5.73 Å². The Labute approximate surface area is 116 Å². The number of carbonyl (C=O) groups is 2. The molecule has 20 heavy (non-hydrogen) atoms. The van der Waals surface area contributed by atoms with Crippen LogP contribution >= 0.6 is 0 Å². The summed E-state index contributed by atoms with van der Waals surface area (Å²) in [6, 6.07) is 0. The lowest BCUT2D eigenvalue weighted by atomic mass is 9.99. The molecule has 1 amide bonds. The van der Waals surface area contributed by atoms with Crippen molar-refractivity contribution in [3.8, 4) is 0 Å². The average Bonchev–Trinajstić information content (AvgIpc) is 2.82. The molecule has 3 N–H and O–H groups in total. The first kappa shape index (κ1) is 14.4. The lowest BCUT2D eigenvalue weighted by Gasteiger charge is -2.30. The van der Waals surface area contributed by atoms with Gasteiger partial charge in [-0.1, -0.05) is 12.1 Å². The van der Waals surface area contributed by atoms with Crippen molar-refractivity contribution in [1.29, 1.82) is 0 Å². The lowest BCUT2D eigenvalue weighted by molar-refractivity contribution is -0.133. The van der Waals surface area contributed by atoms with Crippen LogP contribution in [0.5, 0.6) is 0 Å². The molecule has 1 fully saturated rings. The molecular weight excluding hydrogens is 262 g/mol. The molecule has 0 bridgehead atoms. The van der Waals surface area contributed by atoms with Gasteiger partial charge in [0.05, 0.1) is 5.69 Å². The van der Waals surface area contributed by atoms with E-state index in [0.29, 0.717) is 5.92 Å². The zero-order valence-electron chi connectivity index (χ0n) is 11.4. The summed E-state index contributed by atoms with van der Waals surface area (Å²) in [4.78, 5) is 24.9. The summed E-state index contributed by atoms with van der Waals surface area (Å²) in [5, 5.41) is 16.2. The van der Waals surface area contributed by atoms with Crippen LogP contribution in [0.3, 0.4) is 0 Å². The number of hydrogen-bond acceptors (Lipinski definition) is 5. The Morgan fingerprint density at radius 3 is 2.60 bits per heavy atom. The van der Waals surface area contributed by atoms with Gasteiger partial charge in [-0.3, -0.25) is 4.79 Å². The van der Waals surface area contributed by atoms with E-state index >= 15 is 0 Å². The summed E-state index contributed by atoms with van der Waals surface area (Å²) in [7, 11) is 0. The van der Waals surface area contributed by atoms with Crippen molar-refractivity contribution in [2.75, 3.05) is 13.1 Å². The van der Waals surface area contributed by atoms with Crippen LogP contribution in [0.25, 0.3) is 0 Å². The molecule has 8 nitrogen and oxygen atoms in total. The predicted molar refractivity (Wildman–Crippen MR) is 69.9 cm³/mol. The van der Waals surface area contributed by atoms with E-state index in [4.69, 9.17) is 10.8 Å². The first-order valence-electron chi connectivity index (χ1n) is 6.66. The van der Waals surface area contributed by atoms with Gasteiger partial charge < -0.3 is 15.7 Å². The number of carbonyl (C=O) groups excluding carboxylic acids is 1. The van der Waals surface area contributed by atoms with E-state index in [1.807, 2.05) is 0 Å². The summed E-state index contributed by atoms with van der Waals surface area (Å²) in [5.41, 5.74) is 5.60. The van der Waals surface area contributed by atoms with Crippen molar-refractivity contribution in [1.82, 2.24) is 19.9 Å². The number of piperidine rings is 1. The largest absolute Gasteiger partial charge is 0.476 e. The van der Waals surface area contributed by atoms with E-state index in [0.717, 1.165) is 25.9 Å². The molecule has 110 valence electrons. The third kappa shape index (κ3) is 2.96. The van der Waals surface area contributed by atoms with E-state index in [2.05, 4.69) is 17.2 Å². The number of likely N-dealkylation sites (tertiary alicyclic amines) is 1. The van der Waals surface area contributed by atoms with E-state index in [9.17, 15) is 9.59 Å². The SMILES string of the molecule is CC1CCN(C(=O)Cn2nnc(C(=O)O)c2CN)CC1. The third-order valence-corrected chi connectivity index (χ3v) is 3.65. The minimum Gasteiger partial charge on any atom is -0.476 e. The van der Waals surface area contributed by atoms with Gasteiger partial charge in [-0.15, -0.1) is 5.10 Å². The molecule has 0 radical (unpaired) electrons. The Morgan fingerprint density at radius 1 is 1.40 bits per heavy atom. The fourth-order valence-corrected chi connectivity index (χ4v) is 2.31. The maximum atomic E-state index is 12.2. The van der Waals surface area contributed by atoms with E-state index < -0.39 is 5.97 Å². The maximum Gasteiger partial charge on any atom is 0.358 e. The van der Waals surface area contributed by atoms with Crippen LogP contribution in [0.4, 0.5) is 0 Å². The highest BCUT2D eigenvalue weighted by Crippen LogP contribution is 2.16. The Balaban J connectivity index is 2.06. The molecule has 1 aromatic heterocycles. The minimum absolute atomic E-state index is 0.0127. The van der Waals surface area contributed by atoms with Crippen molar-refractivity contribution in [2.45, 2.75) is 32.9 Å². The molecule has 0 spiro atoms. The molecule has 1 aliphatic rings. The number of nitrogens with two attached hydrogens (primary N) is 1. The molecular formula is C12H19N5O3. The summed E-state index contributed by atoms with van der Waals surface area (Å²) < 4.78 is 1.28. The minimum atomic E-state index is -1.18. The highest BCUT2D eigenvalue weighted by Gasteiger charge is 2.23. The molecule has 0 aliphatic carbocycles. The second-order valence-electron chi connectivity index (χ2n) is 5.11. The molecule has 2 rings (SSSR count). The molecule has 0 aromatic carbocycles. The van der Waals surface area contributed by atoms with Gasteiger partial charge in [0.25, 0.3) is 0 Å². The predicted octanol–water partition coefficient (Wildman–Crippen LogP) is -0.306. The summed E-state index contributed by atoms with van der Waals surface area (Å²) in [5.74, 6) is -0.618. The Kier molecular flexibility index (Phi) is 4.33. The number of aromatic carboxylic acids is 1. The topological polar surface area (TPSA) is 114 Å². The van der Waals surface area contributed by atoms with E-state index in [1.165, 1.54) is 4.68 Å². The first-order chi connectivity index (χ1) is 9.52. The molecule has 1 aliphatic heterocycles. The molecule has 1 saturated heterocycles. The highest BCUT2D eigenvalue weighted by molar-refractivity contribution is 5.86. The number of aromatic nitrogens is 3.